The summed E-state index contributed by atoms with van der Waals surface area (Å²) < 4.78 is 13.0. The number of hydrogen-bond acceptors (Lipinski definition) is 2. The summed E-state index contributed by atoms with van der Waals surface area (Å²) in [6, 6.07) is 0. The van der Waals surface area contributed by atoms with E-state index in [2.05, 4.69) is 11.9 Å². The molecule has 1 spiro atoms. The topological polar surface area (TPSA) is 32.3 Å². The molecule has 1 amide bonds. The maximum atomic E-state index is 13.0. The van der Waals surface area contributed by atoms with Crippen LogP contribution in [0.2, 0.25) is 0 Å². The minimum absolute atomic E-state index is 0.0842. The van der Waals surface area contributed by atoms with E-state index in [9.17, 15) is 9.18 Å². The standard InChI is InChI=1S/C16H23FN2O/c1-4-13(7-6-12(2)17)14-10-19(3)15(20)16(14)8-5-9-18-11-16/h4,6-7,14,18H,1,5,8-11H2,2-3H3/b12-6+,13-7+. The molecule has 20 heavy (non-hydrogen) atoms. The van der Waals surface area contributed by atoms with Crippen molar-refractivity contribution in [2.45, 2.75) is 19.8 Å². The summed E-state index contributed by atoms with van der Waals surface area (Å²) in [6.45, 7) is 7.60. The number of hydrogen-bond donors (Lipinski definition) is 1. The smallest absolute Gasteiger partial charge is 0.230 e. The monoisotopic (exact) mass is 278 g/mol. The van der Waals surface area contributed by atoms with Gasteiger partial charge >= 0.3 is 0 Å². The molecule has 2 atom stereocenters. The molecular formula is C16H23FN2O. The van der Waals surface area contributed by atoms with E-state index in [0.29, 0.717) is 13.1 Å². The SMILES string of the molecule is C=C/C(=C\C=C(/C)F)C1CN(C)C(=O)C12CCCNC2. The zero-order valence-electron chi connectivity index (χ0n) is 12.3. The molecule has 2 saturated heterocycles. The molecule has 3 nitrogen and oxygen atoms in total. The van der Waals surface area contributed by atoms with Crippen molar-refractivity contribution in [3.05, 3.63) is 36.2 Å². The second-order valence-corrected chi connectivity index (χ2v) is 5.80. The van der Waals surface area contributed by atoms with Gasteiger partial charge in [0.25, 0.3) is 0 Å². The molecule has 0 aliphatic carbocycles. The number of halogens is 1. The van der Waals surface area contributed by atoms with E-state index in [4.69, 9.17) is 0 Å². The molecule has 0 saturated carbocycles. The van der Waals surface area contributed by atoms with Crippen molar-refractivity contribution in [1.82, 2.24) is 10.2 Å². The maximum Gasteiger partial charge on any atom is 0.230 e. The molecule has 2 rings (SSSR count). The Kier molecular flexibility index (Phi) is 4.43. The van der Waals surface area contributed by atoms with Gasteiger partial charge in [-0.25, -0.2) is 4.39 Å². The van der Waals surface area contributed by atoms with Gasteiger partial charge in [-0.05, 0) is 38.0 Å². The highest BCUT2D eigenvalue weighted by Crippen LogP contribution is 2.45. The number of amides is 1. The lowest BCUT2D eigenvalue weighted by atomic mass is 9.69. The quantitative estimate of drug-likeness (QED) is 0.804. The van der Waals surface area contributed by atoms with Crippen LogP contribution in [0.5, 0.6) is 0 Å². The zero-order chi connectivity index (χ0) is 14.8. The van der Waals surface area contributed by atoms with Crippen molar-refractivity contribution in [3.8, 4) is 0 Å². The molecule has 2 unspecified atom stereocenters. The van der Waals surface area contributed by atoms with Gasteiger partial charge in [-0.2, -0.15) is 0 Å². The second kappa shape index (κ2) is 5.92. The van der Waals surface area contributed by atoms with Crippen LogP contribution in [-0.4, -0.2) is 37.5 Å². The third kappa shape index (κ3) is 2.57. The highest BCUT2D eigenvalue weighted by Gasteiger charge is 2.53. The fourth-order valence-corrected chi connectivity index (χ4v) is 3.43. The first-order valence-electron chi connectivity index (χ1n) is 7.14. The Labute approximate surface area is 120 Å². The van der Waals surface area contributed by atoms with Crippen LogP contribution in [0.25, 0.3) is 0 Å². The van der Waals surface area contributed by atoms with E-state index < -0.39 is 0 Å². The Hall–Kier alpha value is -1.42. The molecule has 1 N–H and O–H groups in total. The molecule has 0 aromatic carbocycles. The van der Waals surface area contributed by atoms with Crippen LogP contribution in [0.4, 0.5) is 4.39 Å². The summed E-state index contributed by atoms with van der Waals surface area (Å²) in [5.41, 5.74) is 0.564. The summed E-state index contributed by atoms with van der Waals surface area (Å²) >= 11 is 0. The Morgan fingerprint density at radius 3 is 2.85 bits per heavy atom. The molecule has 0 radical (unpaired) electrons. The lowest BCUT2D eigenvalue weighted by Gasteiger charge is -2.37. The van der Waals surface area contributed by atoms with E-state index in [0.717, 1.165) is 25.0 Å². The third-order valence-electron chi connectivity index (χ3n) is 4.46. The second-order valence-electron chi connectivity index (χ2n) is 5.80. The lowest BCUT2D eigenvalue weighted by molar-refractivity contribution is -0.136. The summed E-state index contributed by atoms with van der Waals surface area (Å²) in [5.74, 6) is 0.0437. The number of nitrogens with zero attached hydrogens (tertiary/aromatic N) is 1. The molecule has 4 heteroatoms. The first-order valence-corrected chi connectivity index (χ1v) is 7.14. The van der Waals surface area contributed by atoms with Gasteiger partial charge in [0.05, 0.1) is 11.2 Å². The normalized spacial score (nSPS) is 32.0. The number of piperidine rings is 1. The highest BCUT2D eigenvalue weighted by atomic mass is 19.1. The number of carbonyl (C=O) groups excluding carboxylic acids is 1. The molecule has 2 aliphatic rings. The minimum Gasteiger partial charge on any atom is -0.345 e. The third-order valence-corrected chi connectivity index (χ3v) is 4.46. The Bertz CT molecular complexity index is 457. The predicted molar refractivity (Wildman–Crippen MR) is 78.8 cm³/mol. The van der Waals surface area contributed by atoms with Crippen LogP contribution >= 0.6 is 0 Å². The van der Waals surface area contributed by atoms with Gasteiger partial charge < -0.3 is 10.2 Å². The van der Waals surface area contributed by atoms with Crippen LogP contribution in [0.1, 0.15) is 19.8 Å². The lowest BCUT2D eigenvalue weighted by Crippen LogP contribution is -2.48. The van der Waals surface area contributed by atoms with Crippen molar-refractivity contribution in [2.24, 2.45) is 11.3 Å². The maximum absolute atomic E-state index is 13.0. The average Bonchev–Trinajstić information content (AvgIpc) is 2.66. The zero-order valence-corrected chi connectivity index (χ0v) is 12.3. The fraction of sp³-hybridized carbons (Fsp3) is 0.562. The Morgan fingerprint density at radius 1 is 1.55 bits per heavy atom. The van der Waals surface area contributed by atoms with Gasteiger partial charge in [-0.1, -0.05) is 18.7 Å². The van der Waals surface area contributed by atoms with Crippen molar-refractivity contribution < 1.29 is 9.18 Å². The van der Waals surface area contributed by atoms with Crippen LogP contribution in [0, 0.1) is 11.3 Å². The van der Waals surface area contributed by atoms with Gasteiger partial charge in [0.2, 0.25) is 5.91 Å². The van der Waals surface area contributed by atoms with Gasteiger partial charge in [0, 0.05) is 26.1 Å². The van der Waals surface area contributed by atoms with Gasteiger partial charge in [0.1, 0.15) is 0 Å². The van der Waals surface area contributed by atoms with E-state index in [-0.39, 0.29) is 23.1 Å². The van der Waals surface area contributed by atoms with Crippen LogP contribution in [0.15, 0.2) is 36.2 Å². The molecule has 2 fully saturated rings. The molecule has 2 heterocycles. The van der Waals surface area contributed by atoms with Gasteiger partial charge in [0.15, 0.2) is 0 Å². The summed E-state index contributed by atoms with van der Waals surface area (Å²) in [5, 5.41) is 3.34. The van der Waals surface area contributed by atoms with E-state index in [1.54, 1.807) is 17.1 Å². The van der Waals surface area contributed by atoms with Crippen molar-refractivity contribution >= 4 is 5.91 Å². The number of allylic oxidation sites excluding steroid dienone is 4. The fourth-order valence-electron chi connectivity index (χ4n) is 3.43. The van der Waals surface area contributed by atoms with Crippen LogP contribution in [0.3, 0.4) is 0 Å². The number of carbonyl (C=O) groups is 1. The number of rotatable bonds is 3. The van der Waals surface area contributed by atoms with E-state index in [1.807, 2.05) is 7.05 Å². The van der Waals surface area contributed by atoms with Crippen molar-refractivity contribution in [1.29, 1.82) is 0 Å². The number of likely N-dealkylation sites (tertiary alicyclic amines) is 1. The first kappa shape index (κ1) is 15.0. The summed E-state index contributed by atoms with van der Waals surface area (Å²) in [7, 11) is 1.84. The Morgan fingerprint density at radius 2 is 2.30 bits per heavy atom. The van der Waals surface area contributed by atoms with Crippen molar-refractivity contribution in [2.75, 3.05) is 26.7 Å². The summed E-state index contributed by atoms with van der Waals surface area (Å²) in [6.07, 6.45) is 6.85. The molecular weight excluding hydrogens is 255 g/mol. The molecule has 0 aromatic rings. The van der Waals surface area contributed by atoms with Crippen molar-refractivity contribution in [3.63, 3.8) is 0 Å². The molecule has 2 aliphatic heterocycles. The Balaban J connectivity index is 2.37. The minimum atomic E-state index is -0.384. The summed E-state index contributed by atoms with van der Waals surface area (Å²) in [4.78, 5) is 14.4. The highest BCUT2D eigenvalue weighted by molar-refractivity contribution is 5.86. The van der Waals surface area contributed by atoms with E-state index >= 15 is 0 Å². The van der Waals surface area contributed by atoms with Crippen LogP contribution < -0.4 is 5.32 Å². The predicted octanol–water partition coefficient (Wildman–Crippen LogP) is 2.43. The largest absolute Gasteiger partial charge is 0.345 e. The van der Waals surface area contributed by atoms with Crippen LogP contribution in [-0.2, 0) is 4.79 Å². The molecule has 110 valence electrons. The average molecular weight is 278 g/mol. The number of nitrogens with one attached hydrogen (secondary N) is 1. The first-order chi connectivity index (χ1) is 9.51. The van der Waals surface area contributed by atoms with Gasteiger partial charge in [-0.15, -0.1) is 0 Å². The molecule has 0 aromatic heterocycles. The van der Waals surface area contributed by atoms with E-state index in [1.165, 1.54) is 13.0 Å². The molecule has 0 bridgehead atoms. The van der Waals surface area contributed by atoms with Gasteiger partial charge in [-0.3, -0.25) is 4.79 Å².